The van der Waals surface area contributed by atoms with E-state index in [2.05, 4.69) is 22.5 Å². The molecule has 3 saturated carbocycles. The lowest BCUT2D eigenvalue weighted by Gasteiger charge is -2.45. The molecule has 0 spiro atoms. The predicted molar refractivity (Wildman–Crippen MR) is 153 cm³/mol. The highest BCUT2D eigenvalue weighted by atomic mass is 19.1. The maximum Gasteiger partial charge on any atom is 0.255 e. The van der Waals surface area contributed by atoms with Crippen molar-refractivity contribution in [3.63, 3.8) is 0 Å². The summed E-state index contributed by atoms with van der Waals surface area (Å²) in [6.07, 6.45) is 7.20. The third-order valence-electron chi connectivity index (χ3n) is 9.78. The molecule has 3 aliphatic rings. The molecule has 0 aliphatic heterocycles. The number of rotatable bonds is 6. The summed E-state index contributed by atoms with van der Waals surface area (Å²) in [6, 6.07) is 18.4. The normalized spacial score (nSPS) is 26.6. The summed E-state index contributed by atoms with van der Waals surface area (Å²) in [5.41, 5.74) is 4.09. The molecule has 1 heterocycles. The molecule has 3 fully saturated rings. The lowest BCUT2D eigenvalue weighted by atomic mass is 9.60. The Kier molecular flexibility index (Phi) is 5.99. The Morgan fingerprint density at radius 1 is 0.975 bits per heavy atom. The van der Waals surface area contributed by atoms with E-state index >= 15 is 0 Å². The average Bonchev–Trinajstić information content (AvgIpc) is 3.46. The number of anilines is 1. The average molecular weight is 537 g/mol. The lowest BCUT2D eigenvalue weighted by molar-refractivity contribution is 0.0403. The number of benzene rings is 3. The maximum atomic E-state index is 13.4. The zero-order valence-electron chi connectivity index (χ0n) is 22.5. The van der Waals surface area contributed by atoms with Gasteiger partial charge in [0, 0.05) is 27.9 Å². The van der Waals surface area contributed by atoms with E-state index in [9.17, 15) is 14.0 Å². The smallest absolute Gasteiger partial charge is 0.255 e. The van der Waals surface area contributed by atoms with Crippen molar-refractivity contribution in [1.29, 1.82) is 0 Å². The summed E-state index contributed by atoms with van der Waals surface area (Å²) in [6.45, 7) is 2.32. The molecule has 3 aliphatic carbocycles. The molecule has 4 aromatic rings. The predicted octanol–water partition coefficient (Wildman–Crippen LogP) is 6.96. The largest absolute Gasteiger partial charge is 0.347 e. The number of H-pyrrole nitrogens is 1. The molecule has 1 aromatic heterocycles. The number of amides is 2. The van der Waals surface area contributed by atoms with E-state index in [0.717, 1.165) is 59.5 Å². The second-order valence-corrected chi connectivity index (χ2v) is 12.0. The molecule has 0 radical (unpaired) electrons. The van der Waals surface area contributed by atoms with Crippen LogP contribution < -0.4 is 10.6 Å². The lowest BCUT2D eigenvalue weighted by Crippen LogP contribution is -2.47. The van der Waals surface area contributed by atoms with Gasteiger partial charge in [-0.1, -0.05) is 13.3 Å². The molecular formula is C33H33FN4O2. The Labute approximate surface area is 232 Å². The number of fused-ring (bicyclic) bond motifs is 2. The number of aromatic amines is 1. The highest BCUT2D eigenvalue weighted by Crippen LogP contribution is 2.62. The van der Waals surface area contributed by atoms with Gasteiger partial charge in [-0.25, -0.2) is 9.37 Å². The second-order valence-electron chi connectivity index (χ2n) is 12.0. The van der Waals surface area contributed by atoms with Crippen LogP contribution in [0.5, 0.6) is 0 Å². The van der Waals surface area contributed by atoms with Gasteiger partial charge in [-0.2, -0.15) is 0 Å². The van der Waals surface area contributed by atoms with Gasteiger partial charge in [0.25, 0.3) is 11.8 Å². The molecule has 0 saturated heterocycles. The summed E-state index contributed by atoms with van der Waals surface area (Å²) in [5.74, 6) is 3.29. The zero-order valence-corrected chi connectivity index (χ0v) is 22.5. The number of nitrogens with one attached hydrogen (secondary N) is 3. The van der Waals surface area contributed by atoms with Crippen LogP contribution in [0.25, 0.3) is 22.4 Å². The molecule has 3 unspecified atom stereocenters. The molecule has 3 N–H and O–H groups in total. The molecule has 7 heteroatoms. The van der Waals surface area contributed by atoms with Gasteiger partial charge in [-0.05, 0) is 123 Å². The molecule has 2 amide bonds. The van der Waals surface area contributed by atoms with Gasteiger partial charge in [-0.3, -0.25) is 9.59 Å². The summed E-state index contributed by atoms with van der Waals surface area (Å²) >= 11 is 0. The first-order chi connectivity index (χ1) is 19.4. The molecule has 7 rings (SSSR count). The Hall–Kier alpha value is -4.00. The van der Waals surface area contributed by atoms with Crippen molar-refractivity contribution >= 4 is 28.5 Å². The first-order valence-electron chi connectivity index (χ1n) is 14.4. The number of halogens is 1. The summed E-state index contributed by atoms with van der Waals surface area (Å²) in [4.78, 5) is 34.0. The molecule has 204 valence electrons. The first-order valence-corrected chi connectivity index (χ1v) is 14.4. The van der Waals surface area contributed by atoms with Crippen molar-refractivity contribution in [2.24, 2.45) is 23.7 Å². The maximum absolute atomic E-state index is 13.4. The van der Waals surface area contributed by atoms with Crippen LogP contribution in [0.1, 0.15) is 66.2 Å². The van der Waals surface area contributed by atoms with Crippen molar-refractivity contribution in [3.05, 3.63) is 83.7 Å². The van der Waals surface area contributed by atoms with E-state index in [0.29, 0.717) is 22.6 Å². The van der Waals surface area contributed by atoms with Gasteiger partial charge in [0.15, 0.2) is 0 Å². The van der Waals surface area contributed by atoms with E-state index in [4.69, 9.17) is 4.98 Å². The van der Waals surface area contributed by atoms with Crippen molar-refractivity contribution in [2.45, 2.75) is 51.0 Å². The minimum atomic E-state index is -0.382. The molecule has 3 aromatic carbocycles. The quantitative estimate of drug-likeness (QED) is 0.249. The van der Waals surface area contributed by atoms with E-state index < -0.39 is 0 Å². The monoisotopic (exact) mass is 536 g/mol. The summed E-state index contributed by atoms with van der Waals surface area (Å²) in [5, 5.41) is 6.32. The number of carbonyl (C=O) groups excluding carboxylic acids is 2. The molecule has 2 bridgehead atoms. The second kappa shape index (κ2) is 9.58. The van der Waals surface area contributed by atoms with E-state index in [1.807, 2.05) is 30.3 Å². The SMILES string of the molecule is CCC1CCC2(NC(=O)c3ccc4nc(-c5ccc(NC(=O)c6ccc(F)cc6)cc5)[nH]c4c3)CC3[C@@H](C[C@@H]13)C2. The standard InChI is InChI=1S/C33H33FN4O2/c1-2-19-13-14-33(17-23-15-26(19)27(23)18-33)38-32(40)22-7-12-28-29(16-22)37-30(36-28)20-5-10-25(11-6-20)35-31(39)21-3-8-24(34)9-4-21/h3-12,16,19,23,26-27H,2,13-15,17-18H2,1H3,(H,35,39)(H,36,37)(H,38,40)/t19?,23-,26-,27?,33?/m0/s1. The number of carbonyl (C=O) groups is 2. The van der Waals surface area contributed by atoms with Gasteiger partial charge in [0.05, 0.1) is 11.0 Å². The third kappa shape index (κ3) is 4.37. The summed E-state index contributed by atoms with van der Waals surface area (Å²) in [7, 11) is 0. The fraction of sp³-hybridized carbons (Fsp3) is 0.364. The van der Waals surface area contributed by atoms with Crippen LogP contribution in [0.15, 0.2) is 66.7 Å². The van der Waals surface area contributed by atoms with Crippen LogP contribution in [0.3, 0.4) is 0 Å². The fourth-order valence-corrected chi connectivity index (χ4v) is 7.65. The number of nitrogens with zero attached hydrogens (tertiary/aromatic N) is 1. The van der Waals surface area contributed by atoms with Crippen molar-refractivity contribution < 1.29 is 14.0 Å². The van der Waals surface area contributed by atoms with Gasteiger partial charge in [-0.15, -0.1) is 0 Å². The topological polar surface area (TPSA) is 86.9 Å². The van der Waals surface area contributed by atoms with Gasteiger partial charge >= 0.3 is 0 Å². The first kappa shape index (κ1) is 25.0. The van der Waals surface area contributed by atoms with Crippen LogP contribution in [-0.2, 0) is 0 Å². The van der Waals surface area contributed by atoms with Crippen LogP contribution >= 0.6 is 0 Å². The van der Waals surface area contributed by atoms with Crippen LogP contribution in [0.4, 0.5) is 10.1 Å². The van der Waals surface area contributed by atoms with E-state index in [1.165, 1.54) is 43.5 Å². The Morgan fingerprint density at radius 2 is 1.75 bits per heavy atom. The Balaban J connectivity index is 1.05. The minimum absolute atomic E-state index is 0.00657. The zero-order chi connectivity index (χ0) is 27.4. The molecule has 6 nitrogen and oxygen atoms in total. The van der Waals surface area contributed by atoms with E-state index in [-0.39, 0.29) is 23.2 Å². The van der Waals surface area contributed by atoms with Crippen LogP contribution in [-0.4, -0.2) is 27.3 Å². The number of imidazole rings is 1. The Morgan fingerprint density at radius 3 is 2.52 bits per heavy atom. The highest BCUT2D eigenvalue weighted by Gasteiger charge is 2.58. The molecular weight excluding hydrogens is 503 g/mol. The number of hydrogen-bond donors (Lipinski definition) is 3. The Bertz CT molecular complexity index is 1600. The highest BCUT2D eigenvalue weighted by molar-refractivity contribution is 6.04. The van der Waals surface area contributed by atoms with Gasteiger partial charge < -0.3 is 15.6 Å². The van der Waals surface area contributed by atoms with Crippen molar-refractivity contribution in [2.75, 3.05) is 5.32 Å². The molecule has 5 atom stereocenters. The van der Waals surface area contributed by atoms with Gasteiger partial charge in [0.1, 0.15) is 11.6 Å². The van der Waals surface area contributed by atoms with Crippen LogP contribution in [0, 0.1) is 29.5 Å². The third-order valence-corrected chi connectivity index (χ3v) is 9.78. The van der Waals surface area contributed by atoms with Crippen LogP contribution in [0.2, 0.25) is 0 Å². The minimum Gasteiger partial charge on any atom is -0.347 e. The summed E-state index contributed by atoms with van der Waals surface area (Å²) < 4.78 is 13.1. The van der Waals surface area contributed by atoms with Crippen molar-refractivity contribution in [3.8, 4) is 11.4 Å². The van der Waals surface area contributed by atoms with Gasteiger partial charge in [0.2, 0.25) is 0 Å². The molecule has 40 heavy (non-hydrogen) atoms. The number of aromatic nitrogens is 2. The number of hydrogen-bond acceptors (Lipinski definition) is 3. The van der Waals surface area contributed by atoms with Crippen molar-refractivity contribution in [1.82, 2.24) is 15.3 Å². The fourth-order valence-electron chi connectivity index (χ4n) is 7.65. The van der Waals surface area contributed by atoms with E-state index in [1.54, 1.807) is 12.1 Å².